The maximum atomic E-state index is 12.4. The van der Waals surface area contributed by atoms with Crippen molar-refractivity contribution >= 4 is 38.8 Å². The van der Waals surface area contributed by atoms with Gasteiger partial charge in [-0.3, -0.25) is 30.2 Å². The zero-order valence-electron chi connectivity index (χ0n) is 16.3. The Morgan fingerprint density at radius 1 is 0.967 bits per heavy atom. The maximum absolute atomic E-state index is 12.4. The van der Waals surface area contributed by atoms with Gasteiger partial charge in [-0.05, 0) is 43.3 Å². The van der Waals surface area contributed by atoms with Gasteiger partial charge in [0.2, 0.25) is 0 Å². The molecule has 1 atom stereocenters. The first kappa shape index (κ1) is 21.2. The van der Waals surface area contributed by atoms with Crippen LogP contribution in [0.25, 0.3) is 0 Å². The Hall–Kier alpha value is -3.53. The lowest BCUT2D eigenvalue weighted by Crippen LogP contribution is -2.45. The first-order chi connectivity index (χ1) is 14.2. The summed E-state index contributed by atoms with van der Waals surface area (Å²) in [5.74, 6) is -1.40. The molecule has 156 valence electrons. The van der Waals surface area contributed by atoms with Crippen molar-refractivity contribution in [1.82, 2.24) is 10.9 Å². The molecule has 0 fully saturated rings. The number of para-hydroxylation sites is 1. The van der Waals surface area contributed by atoms with Crippen molar-refractivity contribution < 1.29 is 22.8 Å². The van der Waals surface area contributed by atoms with Gasteiger partial charge < -0.3 is 0 Å². The van der Waals surface area contributed by atoms with Gasteiger partial charge in [-0.1, -0.05) is 18.2 Å². The van der Waals surface area contributed by atoms with Crippen LogP contribution in [0.15, 0.2) is 64.6 Å². The Bertz CT molecular complexity index is 1110. The van der Waals surface area contributed by atoms with Gasteiger partial charge in [-0.15, -0.1) is 0 Å². The number of nitrogens with one attached hydrogen (secondary N) is 2. The van der Waals surface area contributed by atoms with Gasteiger partial charge in [-0.2, -0.15) is 5.10 Å². The van der Waals surface area contributed by atoms with Crippen molar-refractivity contribution in [1.29, 1.82) is 0 Å². The summed E-state index contributed by atoms with van der Waals surface area (Å²) in [4.78, 5) is 36.7. The van der Waals surface area contributed by atoms with Gasteiger partial charge in [0, 0.05) is 18.2 Å². The fraction of sp³-hybridized carbons (Fsp3) is 0.200. The quantitative estimate of drug-likeness (QED) is 0.687. The monoisotopic (exact) mass is 428 g/mol. The van der Waals surface area contributed by atoms with E-state index in [0.717, 1.165) is 6.26 Å². The Morgan fingerprint density at radius 2 is 1.57 bits per heavy atom. The number of hydrazine groups is 1. The van der Waals surface area contributed by atoms with Crippen LogP contribution in [0.2, 0.25) is 0 Å². The summed E-state index contributed by atoms with van der Waals surface area (Å²) in [5, 5.41) is 5.74. The molecule has 0 bridgehead atoms. The number of amides is 2. The minimum absolute atomic E-state index is 0.0830. The SMILES string of the molecule is CC(=O)C1CC(C(=O)NNC(=O)c2ccc(S(C)(=O)=O)cc2)=NN1c1ccccc1. The van der Waals surface area contributed by atoms with Gasteiger partial charge >= 0.3 is 0 Å². The van der Waals surface area contributed by atoms with Crippen LogP contribution in [0.1, 0.15) is 23.7 Å². The van der Waals surface area contributed by atoms with E-state index >= 15 is 0 Å². The van der Waals surface area contributed by atoms with E-state index in [-0.39, 0.29) is 28.4 Å². The third kappa shape index (κ3) is 4.71. The van der Waals surface area contributed by atoms with Crippen LogP contribution in [-0.4, -0.2) is 44.0 Å². The van der Waals surface area contributed by atoms with Gasteiger partial charge in [-0.25, -0.2) is 8.42 Å². The minimum Gasteiger partial charge on any atom is -0.298 e. The van der Waals surface area contributed by atoms with Crippen LogP contribution in [0.3, 0.4) is 0 Å². The molecular formula is C20H20N4O5S. The molecule has 2 aromatic carbocycles. The lowest BCUT2D eigenvalue weighted by atomic mass is 10.1. The maximum Gasteiger partial charge on any atom is 0.285 e. The second-order valence-electron chi connectivity index (χ2n) is 6.76. The third-order valence-corrected chi connectivity index (χ3v) is 5.63. The normalized spacial score (nSPS) is 16.0. The molecular weight excluding hydrogens is 408 g/mol. The molecule has 2 N–H and O–H groups in total. The Balaban J connectivity index is 1.67. The highest BCUT2D eigenvalue weighted by atomic mass is 32.2. The van der Waals surface area contributed by atoms with Crippen molar-refractivity contribution in [3.05, 3.63) is 60.2 Å². The predicted octanol–water partition coefficient (Wildman–Crippen LogP) is 1.07. The molecule has 9 nitrogen and oxygen atoms in total. The van der Waals surface area contributed by atoms with Gasteiger partial charge in [0.15, 0.2) is 15.6 Å². The number of carbonyl (C=O) groups is 3. The number of sulfone groups is 1. The van der Waals surface area contributed by atoms with E-state index in [9.17, 15) is 22.8 Å². The molecule has 1 aliphatic heterocycles. The molecule has 3 rings (SSSR count). The average molecular weight is 428 g/mol. The highest BCUT2D eigenvalue weighted by Crippen LogP contribution is 2.24. The van der Waals surface area contributed by atoms with Gasteiger partial charge in [0.05, 0.1) is 10.6 Å². The number of nitrogens with zero attached hydrogens (tertiary/aromatic N) is 2. The largest absolute Gasteiger partial charge is 0.298 e. The average Bonchev–Trinajstić information content (AvgIpc) is 3.18. The number of hydrazone groups is 1. The second-order valence-corrected chi connectivity index (χ2v) is 8.78. The fourth-order valence-corrected chi connectivity index (χ4v) is 3.52. The van der Waals surface area contributed by atoms with E-state index in [2.05, 4.69) is 16.0 Å². The molecule has 0 spiro atoms. The lowest BCUT2D eigenvalue weighted by molar-refractivity contribution is -0.118. The zero-order valence-corrected chi connectivity index (χ0v) is 17.1. The summed E-state index contributed by atoms with van der Waals surface area (Å²) in [5.41, 5.74) is 5.48. The molecule has 0 aliphatic carbocycles. The van der Waals surface area contributed by atoms with E-state index in [1.54, 1.807) is 24.3 Å². The zero-order chi connectivity index (χ0) is 21.9. The number of rotatable bonds is 5. The second kappa shape index (κ2) is 8.46. The summed E-state index contributed by atoms with van der Waals surface area (Å²) in [6, 6.07) is 13.7. The number of Topliss-reactive ketones (excluding diaryl/α,β-unsaturated/α-hetero) is 1. The minimum atomic E-state index is -3.37. The smallest absolute Gasteiger partial charge is 0.285 e. The number of benzene rings is 2. The van der Waals surface area contributed by atoms with Crippen LogP contribution in [0, 0.1) is 0 Å². The first-order valence-electron chi connectivity index (χ1n) is 9.00. The number of ketones is 1. The molecule has 1 heterocycles. The highest BCUT2D eigenvalue weighted by Gasteiger charge is 2.34. The van der Waals surface area contributed by atoms with Gasteiger partial charge in [0.25, 0.3) is 11.8 Å². The molecule has 1 aliphatic rings. The number of anilines is 1. The standard InChI is InChI=1S/C20H20N4O5S/c1-13(25)18-12-17(23-24(18)15-6-4-3-5-7-15)20(27)22-21-19(26)14-8-10-16(11-9-14)30(2,28)29/h3-11,18H,12H2,1-2H3,(H,21,26)(H,22,27). The van der Waals surface area contributed by atoms with E-state index in [4.69, 9.17) is 0 Å². The van der Waals surface area contributed by atoms with Crippen LogP contribution < -0.4 is 15.9 Å². The molecule has 1 unspecified atom stereocenters. The van der Waals surface area contributed by atoms with E-state index < -0.39 is 27.7 Å². The Kier molecular flexibility index (Phi) is 5.97. The van der Waals surface area contributed by atoms with Crippen molar-refractivity contribution in [2.24, 2.45) is 5.10 Å². The van der Waals surface area contributed by atoms with Crippen molar-refractivity contribution in [2.75, 3.05) is 11.3 Å². The van der Waals surface area contributed by atoms with E-state index in [1.165, 1.54) is 36.2 Å². The Labute approximate surface area is 173 Å². The first-order valence-corrected chi connectivity index (χ1v) is 10.9. The fourth-order valence-electron chi connectivity index (χ4n) is 2.89. The molecule has 2 amide bonds. The summed E-state index contributed by atoms with van der Waals surface area (Å²) in [7, 11) is -3.37. The number of carbonyl (C=O) groups excluding carboxylic acids is 3. The van der Waals surface area contributed by atoms with Crippen LogP contribution >= 0.6 is 0 Å². The predicted molar refractivity (Wildman–Crippen MR) is 111 cm³/mol. The molecule has 30 heavy (non-hydrogen) atoms. The third-order valence-electron chi connectivity index (χ3n) is 4.50. The molecule has 0 aromatic heterocycles. The summed E-state index contributed by atoms with van der Waals surface area (Å²) >= 11 is 0. The number of hydrogen-bond acceptors (Lipinski definition) is 7. The van der Waals surface area contributed by atoms with Crippen LogP contribution in [0.4, 0.5) is 5.69 Å². The van der Waals surface area contributed by atoms with E-state index in [1.807, 2.05) is 6.07 Å². The topological polar surface area (TPSA) is 125 Å². The van der Waals surface area contributed by atoms with Crippen molar-refractivity contribution in [3.63, 3.8) is 0 Å². The van der Waals surface area contributed by atoms with Gasteiger partial charge in [0.1, 0.15) is 11.8 Å². The summed E-state index contributed by atoms with van der Waals surface area (Å²) in [6.07, 6.45) is 1.17. The molecule has 10 heteroatoms. The van der Waals surface area contributed by atoms with Crippen LogP contribution in [-0.2, 0) is 19.4 Å². The highest BCUT2D eigenvalue weighted by molar-refractivity contribution is 7.90. The molecule has 0 radical (unpaired) electrons. The lowest BCUT2D eigenvalue weighted by Gasteiger charge is -2.20. The Morgan fingerprint density at radius 3 is 2.13 bits per heavy atom. The van der Waals surface area contributed by atoms with Crippen LogP contribution in [0.5, 0.6) is 0 Å². The molecule has 0 saturated heterocycles. The molecule has 0 saturated carbocycles. The van der Waals surface area contributed by atoms with Crippen molar-refractivity contribution in [3.8, 4) is 0 Å². The summed E-state index contributed by atoms with van der Waals surface area (Å²) < 4.78 is 23.0. The van der Waals surface area contributed by atoms with E-state index in [0.29, 0.717) is 5.69 Å². The summed E-state index contributed by atoms with van der Waals surface area (Å²) in [6.45, 7) is 1.43. The van der Waals surface area contributed by atoms with Crippen molar-refractivity contribution in [2.45, 2.75) is 24.3 Å². The number of hydrogen-bond donors (Lipinski definition) is 2. The molecule has 2 aromatic rings.